The molecule has 0 aliphatic heterocycles. The summed E-state index contributed by atoms with van der Waals surface area (Å²) in [4.78, 5) is 5.39. The number of nitrogens with one attached hydrogen (secondary N) is 4. The van der Waals surface area contributed by atoms with Gasteiger partial charge in [0.2, 0.25) is 0 Å². The normalized spacial score (nSPS) is 12.1. The van der Waals surface area contributed by atoms with Gasteiger partial charge in [-0.15, -0.1) is 0 Å². The lowest BCUT2D eigenvalue weighted by atomic mass is 9.77. The summed E-state index contributed by atoms with van der Waals surface area (Å²) in [5.41, 5.74) is 12.1. The zero-order valence-corrected chi connectivity index (χ0v) is 53.3. The van der Waals surface area contributed by atoms with E-state index < -0.39 is 22.2 Å². The van der Waals surface area contributed by atoms with Crippen molar-refractivity contribution in [2.24, 2.45) is 0 Å². The summed E-state index contributed by atoms with van der Waals surface area (Å²) in [6.07, 6.45) is 0.949. The predicted molar refractivity (Wildman–Crippen MR) is 386 cm³/mol. The zero-order valence-electron chi connectivity index (χ0n) is 53.3. The summed E-state index contributed by atoms with van der Waals surface area (Å²) in [5, 5.41) is 17.1. The van der Waals surface area contributed by atoms with Crippen LogP contribution in [-0.2, 0) is 22.2 Å². The Morgan fingerprint density at radius 2 is 0.280 bits per heavy atom. The van der Waals surface area contributed by atoms with E-state index >= 15 is 0 Å². The Labute approximate surface area is 552 Å². The smallest absolute Gasteiger partial charge is 0.0948 e. The fraction of sp³-hybridized carbons (Fsp3) is 0.172. The molecule has 0 unspecified atom stereocenters. The highest BCUT2D eigenvalue weighted by Crippen LogP contribution is 2.41. The summed E-state index contributed by atoms with van der Waals surface area (Å²) in [6, 6.07) is 132. The molecule has 464 valence electrons. The lowest BCUT2D eigenvalue weighted by Gasteiger charge is -2.39. The van der Waals surface area contributed by atoms with Gasteiger partial charge in [0.15, 0.2) is 0 Å². The lowest BCUT2D eigenvalue weighted by Crippen LogP contribution is -2.51. The fourth-order valence-corrected chi connectivity index (χ4v) is 14.3. The standard InChI is InChI=1S/C87H86N6/c1-13-38-72(39-14-1)84(73-40-15-2-16-41-73,74-42-17-3-18-43-74)88-62-68-92(69-63-89-85(75-44-19-4-20-45-75,76-46-21-5-22-47-76)77-48-23-6-24-49-77)66-37-67-93(70-64-90-86(78-50-25-7-26-51-78,79-52-27-8-28-53-79)80-54-29-9-30-55-80)71-65-91-87(81-56-31-10-32-57-81,82-58-33-11-34-59-82)83-60-35-12-36-61-83/h1-36,38-61,88-91H,37,62-71H2. The quantitative estimate of drug-likeness (QED) is 0.0315. The van der Waals surface area contributed by atoms with Crippen molar-refractivity contribution < 1.29 is 0 Å². The average molecular weight is 1220 g/mol. The van der Waals surface area contributed by atoms with Crippen LogP contribution in [0.5, 0.6) is 0 Å². The van der Waals surface area contributed by atoms with E-state index in [2.05, 4.69) is 395 Å². The first kappa shape index (κ1) is 63.5. The first-order valence-corrected chi connectivity index (χ1v) is 33.2. The van der Waals surface area contributed by atoms with Crippen molar-refractivity contribution in [2.45, 2.75) is 28.6 Å². The van der Waals surface area contributed by atoms with Crippen molar-refractivity contribution in [3.8, 4) is 0 Å². The monoisotopic (exact) mass is 1210 g/mol. The minimum Gasteiger partial charge on any atom is -0.301 e. The van der Waals surface area contributed by atoms with Crippen LogP contribution in [0.15, 0.2) is 364 Å². The van der Waals surface area contributed by atoms with Crippen LogP contribution in [0.3, 0.4) is 0 Å². The minimum absolute atomic E-state index is 0.601. The molecule has 0 saturated carbocycles. The summed E-state index contributed by atoms with van der Waals surface area (Å²) in [7, 11) is 0. The van der Waals surface area contributed by atoms with Crippen LogP contribution in [0.25, 0.3) is 0 Å². The molecule has 6 heteroatoms. The van der Waals surface area contributed by atoms with Crippen LogP contribution in [-0.4, -0.2) is 75.2 Å². The molecule has 0 amide bonds. The lowest BCUT2D eigenvalue weighted by molar-refractivity contribution is 0.215. The maximum absolute atomic E-state index is 4.27. The molecule has 0 saturated heterocycles. The Kier molecular flexibility index (Phi) is 21.6. The summed E-state index contributed by atoms with van der Waals surface area (Å²) >= 11 is 0. The molecule has 0 atom stereocenters. The van der Waals surface area contributed by atoms with Crippen LogP contribution < -0.4 is 21.3 Å². The Hall–Kier alpha value is -9.60. The second-order valence-electron chi connectivity index (χ2n) is 24.1. The van der Waals surface area contributed by atoms with E-state index in [4.69, 9.17) is 0 Å². The van der Waals surface area contributed by atoms with Gasteiger partial charge in [-0.05, 0) is 86.3 Å². The van der Waals surface area contributed by atoms with Crippen molar-refractivity contribution in [3.05, 3.63) is 431 Å². The SMILES string of the molecule is c1ccc(C(NCCN(CCCN(CCNC(c2ccccc2)(c2ccccc2)c2ccccc2)CCNC(c2ccccc2)(c2ccccc2)c2ccccc2)CCNC(c2ccccc2)(c2ccccc2)c2ccccc2)(c2ccccc2)c2ccccc2)cc1. The van der Waals surface area contributed by atoms with E-state index in [9.17, 15) is 0 Å². The van der Waals surface area contributed by atoms with Gasteiger partial charge in [-0.3, -0.25) is 21.3 Å². The molecule has 12 aromatic rings. The molecule has 0 bridgehead atoms. The number of rotatable bonds is 32. The van der Waals surface area contributed by atoms with Crippen molar-refractivity contribution in [2.75, 3.05) is 65.4 Å². The Morgan fingerprint density at radius 3 is 0.398 bits per heavy atom. The average Bonchev–Trinajstić information content (AvgIpc) is 0.896. The summed E-state index contributed by atoms with van der Waals surface area (Å²) in [5.74, 6) is 0. The minimum atomic E-state index is -0.601. The van der Waals surface area contributed by atoms with Gasteiger partial charge in [0.05, 0.1) is 22.2 Å². The highest BCUT2D eigenvalue weighted by molar-refractivity contribution is 5.54. The fourth-order valence-electron chi connectivity index (χ4n) is 14.3. The van der Waals surface area contributed by atoms with Crippen LogP contribution in [0.2, 0.25) is 0 Å². The molecule has 0 fully saturated rings. The van der Waals surface area contributed by atoms with Gasteiger partial charge in [-0.1, -0.05) is 364 Å². The Morgan fingerprint density at radius 1 is 0.161 bits per heavy atom. The molecular formula is C87H86N6. The molecule has 12 aromatic carbocycles. The topological polar surface area (TPSA) is 54.6 Å². The third kappa shape index (κ3) is 14.4. The molecule has 4 N–H and O–H groups in total. The molecule has 0 radical (unpaired) electrons. The van der Waals surface area contributed by atoms with Gasteiger partial charge in [-0.25, -0.2) is 0 Å². The zero-order chi connectivity index (χ0) is 63.1. The largest absolute Gasteiger partial charge is 0.301 e. The van der Waals surface area contributed by atoms with E-state index in [0.29, 0.717) is 0 Å². The number of hydrogen-bond acceptors (Lipinski definition) is 6. The number of nitrogens with zero attached hydrogens (tertiary/aromatic N) is 2. The molecular weight excluding hydrogens is 1130 g/mol. The summed E-state index contributed by atoms with van der Waals surface area (Å²) < 4.78 is 0. The van der Waals surface area contributed by atoms with E-state index in [1.54, 1.807) is 0 Å². The maximum atomic E-state index is 4.27. The van der Waals surface area contributed by atoms with Crippen molar-refractivity contribution in [1.82, 2.24) is 31.1 Å². The summed E-state index contributed by atoms with van der Waals surface area (Å²) in [6.45, 7) is 7.97. The van der Waals surface area contributed by atoms with Gasteiger partial charge in [0, 0.05) is 52.4 Å². The molecule has 0 aliphatic carbocycles. The van der Waals surface area contributed by atoms with Gasteiger partial charge in [-0.2, -0.15) is 0 Å². The highest BCUT2D eigenvalue weighted by atomic mass is 15.2. The van der Waals surface area contributed by atoms with Crippen LogP contribution in [0, 0.1) is 0 Å². The Bertz CT molecular complexity index is 3120. The number of hydrogen-bond donors (Lipinski definition) is 4. The third-order valence-corrected chi connectivity index (χ3v) is 18.7. The van der Waals surface area contributed by atoms with Gasteiger partial charge in [0.25, 0.3) is 0 Å². The molecule has 93 heavy (non-hydrogen) atoms. The second kappa shape index (κ2) is 31.6. The maximum Gasteiger partial charge on any atom is 0.0948 e. The molecule has 12 rings (SSSR count). The van der Waals surface area contributed by atoms with Crippen LogP contribution in [0.4, 0.5) is 0 Å². The second-order valence-corrected chi connectivity index (χ2v) is 24.1. The van der Waals surface area contributed by atoms with Crippen LogP contribution in [0.1, 0.15) is 73.2 Å². The first-order valence-electron chi connectivity index (χ1n) is 33.2. The number of benzene rings is 12. The molecule has 0 aromatic heterocycles. The van der Waals surface area contributed by atoms with Crippen molar-refractivity contribution in [1.29, 1.82) is 0 Å². The highest BCUT2D eigenvalue weighted by Gasteiger charge is 2.40. The van der Waals surface area contributed by atoms with Crippen molar-refractivity contribution in [3.63, 3.8) is 0 Å². The molecule has 6 nitrogen and oxygen atoms in total. The van der Waals surface area contributed by atoms with E-state index in [-0.39, 0.29) is 0 Å². The molecule has 0 heterocycles. The third-order valence-electron chi connectivity index (χ3n) is 18.7. The van der Waals surface area contributed by atoms with E-state index in [0.717, 1.165) is 71.9 Å². The van der Waals surface area contributed by atoms with Crippen molar-refractivity contribution >= 4 is 0 Å². The Balaban J connectivity index is 0.883. The molecule has 0 spiro atoms. The van der Waals surface area contributed by atoms with Gasteiger partial charge >= 0.3 is 0 Å². The van der Waals surface area contributed by atoms with Crippen LogP contribution >= 0.6 is 0 Å². The van der Waals surface area contributed by atoms with Gasteiger partial charge < -0.3 is 9.80 Å². The first-order chi connectivity index (χ1) is 46.1. The van der Waals surface area contributed by atoms with E-state index in [1.807, 2.05) is 0 Å². The molecule has 0 aliphatic rings. The van der Waals surface area contributed by atoms with Gasteiger partial charge in [0.1, 0.15) is 0 Å². The van der Waals surface area contributed by atoms with E-state index in [1.165, 1.54) is 66.8 Å². The predicted octanol–water partition coefficient (Wildman–Crippen LogP) is 16.3.